The molecule has 0 aromatic carbocycles. The van der Waals surface area contributed by atoms with Crippen LogP contribution < -0.4 is 0 Å². The summed E-state index contributed by atoms with van der Waals surface area (Å²) in [4.78, 5) is 15.5. The molecule has 6 heteroatoms. The van der Waals surface area contributed by atoms with E-state index in [0.717, 1.165) is 0 Å². The van der Waals surface area contributed by atoms with Crippen molar-refractivity contribution in [3.63, 3.8) is 0 Å². The molecule has 2 rings (SSSR count). The molecule has 0 amide bonds. The van der Waals surface area contributed by atoms with Gasteiger partial charge in [-0.1, -0.05) is 0 Å². The minimum absolute atomic E-state index is 0.347. The third kappa shape index (κ3) is 1.85. The Balaban J connectivity index is 2.49. The summed E-state index contributed by atoms with van der Waals surface area (Å²) in [5, 5.41) is 4.03. The number of halogens is 1. The molecule has 0 radical (unpaired) electrons. The van der Waals surface area contributed by atoms with E-state index in [-0.39, 0.29) is 5.97 Å². The number of hydrogen-bond donors (Lipinski definition) is 0. The minimum Gasteiger partial charge on any atom is -0.462 e. The van der Waals surface area contributed by atoms with Gasteiger partial charge in [0, 0.05) is 0 Å². The van der Waals surface area contributed by atoms with Crippen LogP contribution in [0.4, 0.5) is 0 Å². The van der Waals surface area contributed by atoms with Crippen LogP contribution in [-0.2, 0) is 4.74 Å². The summed E-state index contributed by atoms with van der Waals surface area (Å²) in [6, 6.07) is 0. The second-order valence-corrected chi connectivity index (χ2v) is 3.63. The van der Waals surface area contributed by atoms with Crippen LogP contribution in [0.1, 0.15) is 17.3 Å². The molecule has 5 nitrogen and oxygen atoms in total. The lowest BCUT2D eigenvalue weighted by Crippen LogP contribution is -2.04. The van der Waals surface area contributed by atoms with Crippen LogP contribution in [0, 0.1) is 0 Å². The third-order valence-electron chi connectivity index (χ3n) is 1.87. The van der Waals surface area contributed by atoms with Crippen molar-refractivity contribution in [3.8, 4) is 0 Å². The Bertz CT molecular complexity index is 509. The van der Waals surface area contributed by atoms with Gasteiger partial charge in [-0.15, -0.1) is 0 Å². The fraction of sp³-hybridized carbons (Fsp3) is 0.222. The highest BCUT2D eigenvalue weighted by Gasteiger charge is 2.13. The van der Waals surface area contributed by atoms with E-state index in [1.54, 1.807) is 23.8 Å². The van der Waals surface area contributed by atoms with E-state index in [9.17, 15) is 4.79 Å². The molecule has 2 heterocycles. The zero-order chi connectivity index (χ0) is 10.8. The Kier molecular flexibility index (Phi) is 2.68. The molecule has 0 bridgehead atoms. The molecule has 0 N–H and O–H groups in total. The molecule has 0 aliphatic heterocycles. The molecule has 78 valence electrons. The monoisotopic (exact) mass is 269 g/mol. The molecule has 0 fully saturated rings. The number of carbonyl (C=O) groups is 1. The zero-order valence-corrected chi connectivity index (χ0v) is 9.56. The van der Waals surface area contributed by atoms with Crippen LogP contribution in [-0.4, -0.2) is 27.2 Å². The molecule has 0 spiro atoms. The molecule has 2 aromatic rings. The number of aromatic nitrogens is 3. The van der Waals surface area contributed by atoms with Crippen molar-refractivity contribution < 1.29 is 9.53 Å². The van der Waals surface area contributed by atoms with Gasteiger partial charge >= 0.3 is 5.97 Å². The van der Waals surface area contributed by atoms with Gasteiger partial charge in [0.2, 0.25) is 0 Å². The van der Waals surface area contributed by atoms with Crippen LogP contribution in [0.5, 0.6) is 0 Å². The molecular weight excluding hydrogens is 262 g/mol. The van der Waals surface area contributed by atoms with Gasteiger partial charge < -0.3 is 4.74 Å². The summed E-state index contributed by atoms with van der Waals surface area (Å²) in [6.07, 6.45) is 4.73. The summed E-state index contributed by atoms with van der Waals surface area (Å²) in [7, 11) is 0. The Morgan fingerprint density at radius 1 is 1.60 bits per heavy atom. The first-order valence-corrected chi connectivity index (χ1v) is 5.17. The van der Waals surface area contributed by atoms with Gasteiger partial charge in [0.25, 0.3) is 0 Å². The SMILES string of the molecule is CCOC(=O)c1cnn2cc(Br)ncc12. The Morgan fingerprint density at radius 3 is 3.13 bits per heavy atom. The highest BCUT2D eigenvalue weighted by Crippen LogP contribution is 2.13. The zero-order valence-electron chi connectivity index (χ0n) is 7.98. The fourth-order valence-corrected chi connectivity index (χ4v) is 1.52. The first kappa shape index (κ1) is 10.1. The second-order valence-electron chi connectivity index (χ2n) is 2.82. The van der Waals surface area contributed by atoms with E-state index < -0.39 is 0 Å². The molecule has 15 heavy (non-hydrogen) atoms. The van der Waals surface area contributed by atoms with Crippen LogP contribution in [0.25, 0.3) is 5.52 Å². The van der Waals surface area contributed by atoms with Crippen molar-refractivity contribution in [1.82, 2.24) is 14.6 Å². The Morgan fingerprint density at radius 2 is 2.40 bits per heavy atom. The third-order valence-corrected chi connectivity index (χ3v) is 2.28. The summed E-state index contributed by atoms with van der Waals surface area (Å²) in [5.74, 6) is -0.378. The van der Waals surface area contributed by atoms with Crippen LogP contribution in [0.2, 0.25) is 0 Å². The van der Waals surface area contributed by atoms with Crippen molar-refractivity contribution in [3.05, 3.63) is 28.8 Å². The van der Waals surface area contributed by atoms with Crippen molar-refractivity contribution >= 4 is 27.4 Å². The van der Waals surface area contributed by atoms with Crippen molar-refractivity contribution in [2.45, 2.75) is 6.92 Å². The van der Waals surface area contributed by atoms with E-state index in [2.05, 4.69) is 26.0 Å². The normalized spacial score (nSPS) is 10.5. The molecule has 0 unspecified atom stereocenters. The van der Waals surface area contributed by atoms with Crippen LogP contribution in [0.15, 0.2) is 23.2 Å². The first-order valence-electron chi connectivity index (χ1n) is 4.38. The van der Waals surface area contributed by atoms with Gasteiger partial charge in [-0.3, -0.25) is 0 Å². The lowest BCUT2D eigenvalue weighted by atomic mass is 10.3. The van der Waals surface area contributed by atoms with Crippen LogP contribution in [0.3, 0.4) is 0 Å². The summed E-state index contributed by atoms with van der Waals surface area (Å²) >= 11 is 3.22. The average molecular weight is 270 g/mol. The Hall–Kier alpha value is -1.43. The maximum atomic E-state index is 11.5. The fourth-order valence-electron chi connectivity index (χ4n) is 1.23. The lowest BCUT2D eigenvalue weighted by molar-refractivity contribution is 0.0528. The van der Waals surface area contributed by atoms with Crippen molar-refractivity contribution in [2.75, 3.05) is 6.61 Å². The molecule has 0 atom stereocenters. The molecular formula is C9H8BrN3O2. The van der Waals surface area contributed by atoms with E-state index in [1.165, 1.54) is 6.20 Å². The maximum absolute atomic E-state index is 11.5. The predicted octanol–water partition coefficient (Wildman–Crippen LogP) is 1.67. The molecule has 0 aliphatic rings. The molecule has 0 saturated carbocycles. The summed E-state index contributed by atoms with van der Waals surface area (Å²) in [6.45, 7) is 2.11. The summed E-state index contributed by atoms with van der Waals surface area (Å²) in [5.41, 5.74) is 1.06. The number of hydrogen-bond acceptors (Lipinski definition) is 4. The smallest absolute Gasteiger partial charge is 0.342 e. The molecule has 0 saturated heterocycles. The number of esters is 1. The van der Waals surface area contributed by atoms with Gasteiger partial charge in [-0.2, -0.15) is 5.10 Å². The number of fused-ring (bicyclic) bond motifs is 1. The minimum atomic E-state index is -0.378. The summed E-state index contributed by atoms with van der Waals surface area (Å²) < 4.78 is 7.13. The largest absolute Gasteiger partial charge is 0.462 e. The van der Waals surface area contributed by atoms with E-state index >= 15 is 0 Å². The molecule has 2 aromatic heterocycles. The number of carbonyl (C=O) groups excluding carboxylic acids is 1. The van der Waals surface area contributed by atoms with Crippen LogP contribution >= 0.6 is 15.9 Å². The van der Waals surface area contributed by atoms with Crippen molar-refractivity contribution in [1.29, 1.82) is 0 Å². The van der Waals surface area contributed by atoms with Gasteiger partial charge in [0.1, 0.15) is 10.2 Å². The lowest BCUT2D eigenvalue weighted by Gasteiger charge is -1.99. The van der Waals surface area contributed by atoms with Gasteiger partial charge in [-0.05, 0) is 22.9 Å². The topological polar surface area (TPSA) is 56.5 Å². The number of rotatable bonds is 2. The number of nitrogens with zero attached hydrogens (tertiary/aromatic N) is 3. The number of ether oxygens (including phenoxy) is 1. The van der Waals surface area contributed by atoms with Gasteiger partial charge in [-0.25, -0.2) is 14.3 Å². The Labute approximate surface area is 94.2 Å². The van der Waals surface area contributed by atoms with Gasteiger partial charge in [0.15, 0.2) is 0 Å². The van der Waals surface area contributed by atoms with E-state index in [1.807, 2.05) is 0 Å². The highest BCUT2D eigenvalue weighted by molar-refractivity contribution is 9.10. The maximum Gasteiger partial charge on any atom is 0.342 e. The van der Waals surface area contributed by atoms with Gasteiger partial charge in [0.05, 0.1) is 30.7 Å². The second kappa shape index (κ2) is 3.98. The van der Waals surface area contributed by atoms with E-state index in [4.69, 9.17) is 4.74 Å². The highest BCUT2D eigenvalue weighted by atomic mass is 79.9. The predicted molar refractivity (Wildman–Crippen MR) is 56.6 cm³/mol. The molecule has 0 aliphatic carbocycles. The average Bonchev–Trinajstić information content (AvgIpc) is 2.60. The van der Waals surface area contributed by atoms with E-state index in [0.29, 0.717) is 22.3 Å². The standard InChI is InChI=1S/C9H8BrN3O2/c1-2-15-9(14)6-3-12-13-5-8(10)11-4-7(6)13/h3-5H,2H2,1H3. The van der Waals surface area contributed by atoms with Crippen molar-refractivity contribution in [2.24, 2.45) is 0 Å². The first-order chi connectivity index (χ1) is 7.22. The quantitative estimate of drug-likeness (QED) is 0.779.